The molecule has 1 atom stereocenters. The molecule has 0 saturated heterocycles. The van der Waals surface area contributed by atoms with Gasteiger partial charge >= 0.3 is 6.03 Å². The third-order valence-electron chi connectivity index (χ3n) is 7.36. The molecule has 4 aromatic rings. The van der Waals surface area contributed by atoms with Crippen LogP contribution in [0.5, 0.6) is 0 Å². The Kier molecular flexibility index (Phi) is 9.31. The molecule has 0 saturated carbocycles. The van der Waals surface area contributed by atoms with Crippen LogP contribution in [0.1, 0.15) is 34.0 Å². The fourth-order valence-electron chi connectivity index (χ4n) is 5.29. The van der Waals surface area contributed by atoms with Crippen LogP contribution in [0, 0.1) is 0 Å². The number of hydrazine groups is 1. The molecule has 0 radical (unpaired) electrons. The minimum absolute atomic E-state index is 0.238. The smallest absolute Gasteiger partial charge is 0.312 e. The lowest BCUT2D eigenvalue weighted by molar-refractivity contribution is -0.113. The number of anilines is 1. The van der Waals surface area contributed by atoms with Crippen LogP contribution in [0.2, 0.25) is 0 Å². The van der Waals surface area contributed by atoms with Crippen LogP contribution in [0.25, 0.3) is 16.7 Å². The van der Waals surface area contributed by atoms with E-state index < -0.39 is 6.03 Å². The maximum absolute atomic E-state index is 13.9. The molecule has 10 heteroatoms. The summed E-state index contributed by atoms with van der Waals surface area (Å²) in [7, 11) is 1.80. The first-order valence-electron chi connectivity index (χ1n) is 14.2. The Bertz CT molecular complexity index is 1690. The Hall–Kier alpha value is -5.48. The fraction of sp³-hybridized carbons (Fsp3) is 0.176. The summed E-state index contributed by atoms with van der Waals surface area (Å²) >= 11 is 0. The molecule has 44 heavy (non-hydrogen) atoms. The van der Waals surface area contributed by atoms with E-state index in [0.29, 0.717) is 29.0 Å². The van der Waals surface area contributed by atoms with Gasteiger partial charge in [-0.25, -0.2) is 10.2 Å². The first kappa shape index (κ1) is 30.0. The number of rotatable bonds is 11. The zero-order valence-corrected chi connectivity index (χ0v) is 24.5. The zero-order chi connectivity index (χ0) is 31.1. The van der Waals surface area contributed by atoms with Crippen molar-refractivity contribution in [1.82, 2.24) is 21.0 Å². The van der Waals surface area contributed by atoms with E-state index in [1.165, 1.54) is 0 Å². The van der Waals surface area contributed by atoms with E-state index in [4.69, 9.17) is 10.5 Å². The first-order chi connectivity index (χ1) is 21.4. The summed E-state index contributed by atoms with van der Waals surface area (Å²) in [6.07, 6.45) is 3.39. The molecule has 3 amide bonds. The van der Waals surface area contributed by atoms with E-state index >= 15 is 0 Å². The number of carbonyl (C=O) groups is 3. The topological polar surface area (TPSA) is 139 Å². The molecular formula is C34H34N6O4. The lowest BCUT2D eigenvalue weighted by Gasteiger charge is -2.39. The van der Waals surface area contributed by atoms with Crippen LogP contribution in [0.3, 0.4) is 0 Å². The molecule has 1 unspecified atom stereocenters. The molecule has 5 rings (SSSR count). The van der Waals surface area contributed by atoms with Gasteiger partial charge in [0.2, 0.25) is 0 Å². The average molecular weight is 591 g/mol. The van der Waals surface area contributed by atoms with Crippen molar-refractivity contribution >= 4 is 29.0 Å². The van der Waals surface area contributed by atoms with Gasteiger partial charge in [-0.2, -0.15) is 0 Å². The average Bonchev–Trinajstić information content (AvgIpc) is 3.05. The number of hydrogen-bond acceptors (Lipinski definition) is 7. The Morgan fingerprint density at radius 2 is 1.70 bits per heavy atom. The molecule has 3 aromatic carbocycles. The van der Waals surface area contributed by atoms with Crippen molar-refractivity contribution in [1.29, 1.82) is 0 Å². The summed E-state index contributed by atoms with van der Waals surface area (Å²) in [5.41, 5.74) is 14.0. The molecule has 224 valence electrons. The van der Waals surface area contributed by atoms with Crippen LogP contribution in [-0.4, -0.2) is 42.3 Å². The van der Waals surface area contributed by atoms with Gasteiger partial charge in [0, 0.05) is 37.1 Å². The highest BCUT2D eigenvalue weighted by atomic mass is 16.5. The van der Waals surface area contributed by atoms with E-state index in [1.807, 2.05) is 84.7 Å². The Morgan fingerprint density at radius 3 is 2.43 bits per heavy atom. The van der Waals surface area contributed by atoms with Crippen molar-refractivity contribution < 1.29 is 19.1 Å². The number of nitrogens with two attached hydrogens (primary N) is 1. The summed E-state index contributed by atoms with van der Waals surface area (Å²) in [5.74, 6) is -0.145. The van der Waals surface area contributed by atoms with Crippen LogP contribution >= 0.6 is 0 Å². The van der Waals surface area contributed by atoms with E-state index in [-0.39, 0.29) is 30.9 Å². The highest BCUT2D eigenvalue weighted by Gasteiger charge is 2.36. The normalized spacial score (nSPS) is 14.0. The molecule has 0 spiro atoms. The summed E-state index contributed by atoms with van der Waals surface area (Å²) in [5, 5.41) is 7.30. The quantitative estimate of drug-likeness (QED) is 0.206. The summed E-state index contributed by atoms with van der Waals surface area (Å²) in [6, 6.07) is 25.2. The van der Waals surface area contributed by atoms with Crippen molar-refractivity contribution in [2.75, 3.05) is 18.6 Å². The molecular weight excluding hydrogens is 556 g/mol. The number of urea groups is 1. The van der Waals surface area contributed by atoms with Gasteiger partial charge in [-0.3, -0.25) is 19.6 Å². The molecule has 0 fully saturated rings. The molecule has 5 N–H and O–H groups in total. The number of fused-ring (bicyclic) bond motifs is 1. The molecule has 10 nitrogen and oxygen atoms in total. The number of benzene rings is 3. The number of amides is 3. The fourth-order valence-corrected chi connectivity index (χ4v) is 5.29. The van der Waals surface area contributed by atoms with E-state index in [1.54, 1.807) is 31.6 Å². The zero-order valence-electron chi connectivity index (χ0n) is 24.5. The third kappa shape index (κ3) is 6.61. The summed E-state index contributed by atoms with van der Waals surface area (Å²) in [4.78, 5) is 42.7. The number of aromatic nitrogens is 1. The number of pyridine rings is 1. The highest BCUT2D eigenvalue weighted by molar-refractivity contribution is 6.26. The number of ketones is 1. The molecule has 1 aliphatic rings. The lowest BCUT2D eigenvalue weighted by atomic mass is 9.85. The largest absolute Gasteiger partial charge is 0.490 e. The molecule has 0 aliphatic carbocycles. The number of primary amides is 1. The number of nitrogens with one attached hydrogen (secondary N) is 3. The minimum Gasteiger partial charge on any atom is -0.490 e. The van der Waals surface area contributed by atoms with E-state index in [9.17, 15) is 14.4 Å². The second kappa shape index (κ2) is 13.7. The minimum atomic E-state index is -0.801. The van der Waals surface area contributed by atoms with Crippen LogP contribution < -0.4 is 26.8 Å². The molecule has 2 heterocycles. The van der Waals surface area contributed by atoms with Crippen LogP contribution in [0.4, 0.5) is 10.5 Å². The number of hydrogen-bond donors (Lipinski definition) is 4. The Labute approximate surface area is 255 Å². The van der Waals surface area contributed by atoms with Crippen molar-refractivity contribution in [3.63, 3.8) is 0 Å². The first-order valence-corrected chi connectivity index (χ1v) is 14.2. The lowest BCUT2D eigenvalue weighted by Crippen LogP contribution is -2.47. The summed E-state index contributed by atoms with van der Waals surface area (Å²) < 4.78 is 6.40. The number of nitrogens with zero attached hydrogens (tertiary/aromatic N) is 2. The van der Waals surface area contributed by atoms with Gasteiger partial charge in [0.25, 0.3) is 5.91 Å². The van der Waals surface area contributed by atoms with Gasteiger partial charge in [-0.05, 0) is 53.4 Å². The van der Waals surface area contributed by atoms with Crippen LogP contribution in [-0.2, 0) is 22.7 Å². The van der Waals surface area contributed by atoms with Gasteiger partial charge in [0.1, 0.15) is 18.4 Å². The number of carbonyl (C=O) groups excluding carboxylic acids is 3. The van der Waals surface area contributed by atoms with Gasteiger partial charge < -0.3 is 21.1 Å². The van der Waals surface area contributed by atoms with Gasteiger partial charge in [-0.1, -0.05) is 60.7 Å². The standard InChI is InChI=1S/C34H34N6O4/c1-22-32(44-21-23-9-4-3-5-10-23)31(29(41)20-39-34(35)43)30-27(14-7-15-28(30)40(22)36-2)25-12-6-13-26(17-25)33(42)38-19-24-11-8-16-37-18-24/h3-18,22,36H,19-21H2,1-2H3,(H,38,42)(H3,35,39,43). The summed E-state index contributed by atoms with van der Waals surface area (Å²) in [6.45, 7) is 2.21. The van der Waals surface area contributed by atoms with Gasteiger partial charge in [0.05, 0.1) is 17.8 Å². The van der Waals surface area contributed by atoms with Crippen molar-refractivity contribution in [2.24, 2.45) is 5.73 Å². The second-order valence-electron chi connectivity index (χ2n) is 10.2. The maximum Gasteiger partial charge on any atom is 0.312 e. The maximum atomic E-state index is 13.9. The number of ether oxygens (including phenoxy) is 1. The monoisotopic (exact) mass is 590 g/mol. The van der Waals surface area contributed by atoms with E-state index in [2.05, 4.69) is 21.0 Å². The van der Waals surface area contributed by atoms with E-state index in [0.717, 1.165) is 27.9 Å². The van der Waals surface area contributed by atoms with Crippen LogP contribution in [0.15, 0.2) is 103 Å². The Balaban J connectivity index is 1.58. The second-order valence-corrected chi connectivity index (χ2v) is 10.2. The third-order valence-corrected chi connectivity index (χ3v) is 7.36. The predicted octanol–water partition coefficient (Wildman–Crippen LogP) is 4.19. The van der Waals surface area contributed by atoms with Crippen molar-refractivity contribution in [3.05, 3.63) is 125 Å². The highest BCUT2D eigenvalue weighted by Crippen LogP contribution is 2.44. The SMILES string of the molecule is CNN1c2cccc(-c3cccc(C(=O)NCc4cccnc4)c3)c2C(C(=O)CNC(N)=O)=C(OCc2ccccc2)C1C. The molecule has 1 aromatic heterocycles. The van der Waals surface area contributed by atoms with Crippen molar-refractivity contribution in [3.8, 4) is 11.1 Å². The van der Waals surface area contributed by atoms with Gasteiger partial charge in [0.15, 0.2) is 5.78 Å². The Morgan fingerprint density at radius 1 is 0.932 bits per heavy atom. The number of Topliss-reactive ketones (excluding diaryl/α,β-unsaturated/α-hetero) is 1. The molecule has 1 aliphatic heterocycles. The predicted molar refractivity (Wildman–Crippen MR) is 169 cm³/mol. The van der Waals surface area contributed by atoms with Gasteiger partial charge in [-0.15, -0.1) is 0 Å². The van der Waals surface area contributed by atoms with Crippen molar-refractivity contribution in [2.45, 2.75) is 26.1 Å². The molecule has 0 bridgehead atoms.